The van der Waals surface area contributed by atoms with E-state index in [9.17, 15) is 0 Å². The van der Waals surface area contributed by atoms with E-state index in [1.54, 1.807) is 0 Å². The van der Waals surface area contributed by atoms with Crippen LogP contribution in [-0.4, -0.2) is 0 Å². The van der Waals surface area contributed by atoms with Crippen molar-refractivity contribution >= 4 is 6.08 Å². The van der Waals surface area contributed by atoms with Crippen molar-refractivity contribution in [1.82, 2.24) is 0 Å². The van der Waals surface area contributed by atoms with Crippen LogP contribution in [0.3, 0.4) is 0 Å². The quantitative estimate of drug-likeness (QED) is 0.488. The van der Waals surface area contributed by atoms with Crippen LogP contribution in [0.5, 0.6) is 0 Å². The smallest absolute Gasteiger partial charge is 0.0327 e. The predicted molar refractivity (Wildman–Crippen MR) is 90.9 cm³/mol. The van der Waals surface area contributed by atoms with Gasteiger partial charge in [-0.25, -0.2) is 0 Å². The highest BCUT2D eigenvalue weighted by atomic mass is 14.1. The molecule has 0 nitrogen and oxygen atoms in total. The van der Waals surface area contributed by atoms with Crippen LogP contribution in [-0.2, 0) is 0 Å². The lowest BCUT2D eigenvalue weighted by Gasteiger charge is -2.08. The maximum atomic E-state index is 3.26. The Morgan fingerprint density at radius 1 is 0.810 bits per heavy atom. The third-order valence-corrected chi connectivity index (χ3v) is 2.83. The number of benzene rings is 2. The standard InChI is InChI=1S/C21H20/c1-21(2,3)17-9-14-19-12-7-8-13-20(19)16-15-18-10-5-4-6-11-18/h4-8,10-14,17H,1-3H3. The van der Waals surface area contributed by atoms with Crippen molar-refractivity contribution in [1.29, 1.82) is 0 Å². The van der Waals surface area contributed by atoms with Crippen LogP contribution in [0.2, 0.25) is 0 Å². The summed E-state index contributed by atoms with van der Waals surface area (Å²) in [7, 11) is 0. The molecule has 21 heavy (non-hydrogen) atoms. The third-order valence-electron chi connectivity index (χ3n) is 2.83. The minimum Gasteiger partial charge on any atom is -0.124 e. The van der Waals surface area contributed by atoms with E-state index in [0.717, 1.165) is 16.7 Å². The Morgan fingerprint density at radius 3 is 2.19 bits per heavy atom. The second-order valence-corrected chi connectivity index (χ2v) is 6.02. The number of hydrogen-bond donors (Lipinski definition) is 0. The molecule has 0 aliphatic rings. The van der Waals surface area contributed by atoms with Crippen molar-refractivity contribution in [3.8, 4) is 11.8 Å². The van der Waals surface area contributed by atoms with Crippen LogP contribution in [0.25, 0.3) is 6.08 Å². The molecule has 0 saturated carbocycles. The zero-order valence-electron chi connectivity index (χ0n) is 12.9. The number of allylic oxidation sites excluding steroid dienone is 1. The first-order chi connectivity index (χ1) is 10.0. The maximum Gasteiger partial charge on any atom is 0.0327 e. The van der Waals surface area contributed by atoms with Gasteiger partial charge >= 0.3 is 0 Å². The van der Waals surface area contributed by atoms with E-state index in [0.29, 0.717) is 0 Å². The summed E-state index contributed by atoms with van der Waals surface area (Å²) in [6.07, 6.45) is 4.08. The van der Waals surface area contributed by atoms with Gasteiger partial charge in [0.1, 0.15) is 0 Å². The molecular formula is C21H20. The molecule has 0 atom stereocenters. The molecule has 2 aromatic rings. The highest BCUT2D eigenvalue weighted by Gasteiger charge is 2.02. The first-order valence-corrected chi connectivity index (χ1v) is 7.14. The van der Waals surface area contributed by atoms with E-state index >= 15 is 0 Å². The van der Waals surface area contributed by atoms with Crippen LogP contribution in [0.1, 0.15) is 37.5 Å². The van der Waals surface area contributed by atoms with E-state index in [4.69, 9.17) is 0 Å². The SMILES string of the molecule is CC(C)(C)C=C=Cc1ccccc1C#Cc1ccccc1. The molecule has 0 N–H and O–H groups in total. The van der Waals surface area contributed by atoms with Crippen molar-refractivity contribution in [3.05, 3.63) is 83.1 Å². The zero-order chi connectivity index (χ0) is 15.1. The Hall–Kier alpha value is -2.48. The van der Waals surface area contributed by atoms with Gasteiger partial charge in [-0.05, 0) is 41.3 Å². The molecule has 0 heterocycles. The van der Waals surface area contributed by atoms with Gasteiger partial charge in [0.05, 0.1) is 0 Å². The molecular weight excluding hydrogens is 252 g/mol. The van der Waals surface area contributed by atoms with Gasteiger partial charge in [-0.15, -0.1) is 5.73 Å². The van der Waals surface area contributed by atoms with Crippen LogP contribution < -0.4 is 0 Å². The van der Waals surface area contributed by atoms with Gasteiger partial charge in [-0.3, -0.25) is 0 Å². The summed E-state index contributed by atoms with van der Waals surface area (Å²) in [5, 5.41) is 0. The molecule has 0 unspecified atom stereocenters. The molecule has 0 amide bonds. The van der Waals surface area contributed by atoms with E-state index in [2.05, 4.69) is 50.5 Å². The van der Waals surface area contributed by atoms with Crippen molar-refractivity contribution in [3.63, 3.8) is 0 Å². The first-order valence-electron chi connectivity index (χ1n) is 7.14. The Kier molecular flexibility index (Phi) is 4.83. The molecule has 0 saturated heterocycles. The van der Waals surface area contributed by atoms with Crippen LogP contribution >= 0.6 is 0 Å². The van der Waals surface area contributed by atoms with Gasteiger partial charge in [0.2, 0.25) is 0 Å². The lowest BCUT2D eigenvalue weighted by atomic mass is 9.97. The second kappa shape index (κ2) is 6.80. The minimum atomic E-state index is 0.140. The Labute approximate surface area is 127 Å². The molecule has 0 bridgehead atoms. The predicted octanol–water partition coefficient (Wildman–Crippen LogP) is 5.30. The summed E-state index contributed by atoms with van der Waals surface area (Å²) < 4.78 is 0. The van der Waals surface area contributed by atoms with Crippen LogP contribution in [0.15, 0.2) is 66.4 Å². The summed E-state index contributed by atoms with van der Waals surface area (Å²) in [6, 6.07) is 18.2. The summed E-state index contributed by atoms with van der Waals surface area (Å²) in [5.41, 5.74) is 6.55. The lowest BCUT2D eigenvalue weighted by molar-refractivity contribution is 0.545. The van der Waals surface area contributed by atoms with Gasteiger partial charge in [-0.1, -0.05) is 69.0 Å². The van der Waals surface area contributed by atoms with E-state index in [1.807, 2.05) is 54.6 Å². The second-order valence-electron chi connectivity index (χ2n) is 6.02. The summed E-state index contributed by atoms with van der Waals surface area (Å²) in [4.78, 5) is 0. The maximum absolute atomic E-state index is 3.26. The molecule has 2 rings (SSSR count). The van der Waals surface area contributed by atoms with Crippen LogP contribution in [0, 0.1) is 17.3 Å². The molecule has 0 radical (unpaired) electrons. The van der Waals surface area contributed by atoms with E-state index < -0.39 is 0 Å². The lowest BCUT2D eigenvalue weighted by Crippen LogP contribution is -1.97. The molecule has 0 heteroatoms. The Morgan fingerprint density at radius 2 is 1.48 bits per heavy atom. The molecule has 0 aliphatic heterocycles. The topological polar surface area (TPSA) is 0 Å². The average Bonchev–Trinajstić information content (AvgIpc) is 2.46. The highest BCUT2D eigenvalue weighted by molar-refractivity contribution is 5.59. The van der Waals surface area contributed by atoms with Crippen molar-refractivity contribution in [2.75, 3.05) is 0 Å². The highest BCUT2D eigenvalue weighted by Crippen LogP contribution is 2.15. The van der Waals surface area contributed by atoms with Crippen molar-refractivity contribution in [2.24, 2.45) is 5.41 Å². The Balaban J connectivity index is 2.31. The fourth-order valence-corrected chi connectivity index (χ4v) is 1.78. The largest absolute Gasteiger partial charge is 0.124 e. The normalized spacial score (nSPS) is 10.0. The van der Waals surface area contributed by atoms with Gasteiger partial charge in [0.15, 0.2) is 0 Å². The minimum absolute atomic E-state index is 0.140. The number of hydrogen-bond acceptors (Lipinski definition) is 0. The zero-order valence-corrected chi connectivity index (χ0v) is 12.9. The van der Waals surface area contributed by atoms with Gasteiger partial charge < -0.3 is 0 Å². The van der Waals surface area contributed by atoms with Gasteiger partial charge in [-0.2, -0.15) is 0 Å². The van der Waals surface area contributed by atoms with E-state index in [1.165, 1.54) is 0 Å². The molecule has 0 spiro atoms. The summed E-state index contributed by atoms with van der Waals surface area (Å²) in [6.45, 7) is 6.48. The first kappa shape index (κ1) is 14.9. The third kappa shape index (κ3) is 5.19. The molecule has 0 fully saturated rings. The molecule has 104 valence electrons. The summed E-state index contributed by atoms with van der Waals surface area (Å²) in [5.74, 6) is 6.44. The van der Waals surface area contributed by atoms with Crippen molar-refractivity contribution in [2.45, 2.75) is 20.8 Å². The average molecular weight is 272 g/mol. The fraction of sp³-hybridized carbons (Fsp3) is 0.190. The van der Waals surface area contributed by atoms with Gasteiger partial charge in [0, 0.05) is 11.1 Å². The summed E-state index contributed by atoms with van der Waals surface area (Å²) >= 11 is 0. The van der Waals surface area contributed by atoms with Crippen LogP contribution in [0.4, 0.5) is 0 Å². The number of rotatable bonds is 1. The van der Waals surface area contributed by atoms with Crippen molar-refractivity contribution < 1.29 is 0 Å². The molecule has 2 aromatic carbocycles. The van der Waals surface area contributed by atoms with E-state index in [-0.39, 0.29) is 5.41 Å². The Bertz CT molecular complexity index is 710. The molecule has 0 aromatic heterocycles. The van der Waals surface area contributed by atoms with Gasteiger partial charge in [0.25, 0.3) is 0 Å². The molecule has 0 aliphatic carbocycles. The fourth-order valence-electron chi connectivity index (χ4n) is 1.78. The monoisotopic (exact) mass is 272 g/mol.